The van der Waals surface area contributed by atoms with Crippen LogP contribution in [0.15, 0.2) is 16.8 Å². The molecule has 1 aromatic heterocycles. The number of thiophene rings is 1. The molecule has 0 bridgehead atoms. The standard InChI is InChI=1S/C14H24N2S/c1-12(9-14-5-8-17-11-14)15-10-13-3-6-16(2)7-4-13/h5,8,11-13,15H,3-4,6-7,9-10H2,1-2H3. The third kappa shape index (κ3) is 4.41. The van der Waals surface area contributed by atoms with E-state index in [0.717, 1.165) is 12.3 Å². The molecule has 1 unspecified atom stereocenters. The molecule has 0 aliphatic carbocycles. The quantitative estimate of drug-likeness (QED) is 0.866. The monoisotopic (exact) mass is 252 g/mol. The third-order valence-electron chi connectivity index (χ3n) is 3.72. The molecule has 0 amide bonds. The number of rotatable bonds is 5. The maximum Gasteiger partial charge on any atom is 0.00795 e. The molecular weight excluding hydrogens is 228 g/mol. The molecule has 1 saturated heterocycles. The zero-order valence-electron chi connectivity index (χ0n) is 11.0. The van der Waals surface area contributed by atoms with E-state index in [1.165, 1.54) is 38.0 Å². The Morgan fingerprint density at radius 3 is 2.88 bits per heavy atom. The van der Waals surface area contributed by atoms with Gasteiger partial charge in [0.05, 0.1) is 0 Å². The lowest BCUT2D eigenvalue weighted by Crippen LogP contribution is -2.38. The first-order chi connectivity index (χ1) is 8.24. The van der Waals surface area contributed by atoms with Gasteiger partial charge in [-0.1, -0.05) is 0 Å². The highest BCUT2D eigenvalue weighted by molar-refractivity contribution is 7.07. The van der Waals surface area contributed by atoms with Gasteiger partial charge in [0, 0.05) is 6.04 Å². The van der Waals surface area contributed by atoms with Crippen molar-refractivity contribution in [3.63, 3.8) is 0 Å². The number of nitrogens with zero attached hydrogens (tertiary/aromatic N) is 1. The number of hydrogen-bond acceptors (Lipinski definition) is 3. The molecule has 0 spiro atoms. The summed E-state index contributed by atoms with van der Waals surface area (Å²) in [5.41, 5.74) is 1.47. The Bertz CT molecular complexity index is 302. The molecule has 2 nitrogen and oxygen atoms in total. The number of likely N-dealkylation sites (tertiary alicyclic amines) is 1. The normalized spacial score (nSPS) is 20.6. The van der Waals surface area contributed by atoms with Crippen molar-refractivity contribution >= 4 is 11.3 Å². The summed E-state index contributed by atoms with van der Waals surface area (Å²) in [5.74, 6) is 0.885. The molecule has 1 fully saturated rings. The average Bonchev–Trinajstić information content (AvgIpc) is 2.81. The van der Waals surface area contributed by atoms with E-state index >= 15 is 0 Å². The van der Waals surface area contributed by atoms with Gasteiger partial charge in [0.25, 0.3) is 0 Å². The van der Waals surface area contributed by atoms with Crippen molar-refractivity contribution in [2.45, 2.75) is 32.2 Å². The Kier molecular flexibility index (Phi) is 5.01. The number of nitrogens with one attached hydrogen (secondary N) is 1. The van der Waals surface area contributed by atoms with Crippen LogP contribution in [-0.2, 0) is 6.42 Å². The summed E-state index contributed by atoms with van der Waals surface area (Å²) in [5, 5.41) is 8.11. The van der Waals surface area contributed by atoms with E-state index in [9.17, 15) is 0 Å². The molecule has 0 saturated carbocycles. The molecule has 17 heavy (non-hydrogen) atoms. The molecule has 1 aliphatic heterocycles. The summed E-state index contributed by atoms with van der Waals surface area (Å²) in [6.07, 6.45) is 3.87. The van der Waals surface area contributed by atoms with E-state index in [4.69, 9.17) is 0 Å². The van der Waals surface area contributed by atoms with Crippen LogP contribution in [0.5, 0.6) is 0 Å². The van der Waals surface area contributed by atoms with Crippen LogP contribution >= 0.6 is 11.3 Å². The lowest BCUT2D eigenvalue weighted by molar-refractivity contribution is 0.213. The second kappa shape index (κ2) is 6.53. The predicted molar refractivity (Wildman–Crippen MR) is 75.7 cm³/mol. The van der Waals surface area contributed by atoms with Gasteiger partial charge in [0.1, 0.15) is 0 Å². The second-order valence-electron chi connectivity index (χ2n) is 5.39. The van der Waals surface area contributed by atoms with Crippen LogP contribution in [0.25, 0.3) is 0 Å². The van der Waals surface area contributed by atoms with Crippen molar-refractivity contribution in [2.75, 3.05) is 26.7 Å². The molecule has 0 aromatic carbocycles. The maximum atomic E-state index is 3.69. The Morgan fingerprint density at radius 1 is 1.47 bits per heavy atom. The molecule has 3 heteroatoms. The molecule has 2 rings (SSSR count). The fraction of sp³-hybridized carbons (Fsp3) is 0.714. The molecular formula is C14H24N2S. The fourth-order valence-corrected chi connectivity index (χ4v) is 3.15. The summed E-state index contributed by atoms with van der Waals surface area (Å²) in [4.78, 5) is 2.44. The van der Waals surface area contributed by atoms with Crippen LogP contribution in [0, 0.1) is 5.92 Å². The smallest absolute Gasteiger partial charge is 0.00795 e. The van der Waals surface area contributed by atoms with Crippen molar-refractivity contribution in [3.8, 4) is 0 Å². The third-order valence-corrected chi connectivity index (χ3v) is 4.45. The summed E-state index contributed by atoms with van der Waals surface area (Å²) in [6, 6.07) is 2.84. The van der Waals surface area contributed by atoms with Gasteiger partial charge in [-0.05, 0) is 81.2 Å². The van der Waals surface area contributed by atoms with Crippen LogP contribution in [0.1, 0.15) is 25.3 Å². The summed E-state index contributed by atoms with van der Waals surface area (Å²) in [7, 11) is 2.23. The van der Waals surface area contributed by atoms with Gasteiger partial charge in [-0.3, -0.25) is 0 Å². The van der Waals surface area contributed by atoms with Gasteiger partial charge in [-0.15, -0.1) is 0 Å². The summed E-state index contributed by atoms with van der Waals surface area (Å²) >= 11 is 1.79. The van der Waals surface area contributed by atoms with Crippen molar-refractivity contribution in [1.82, 2.24) is 10.2 Å². The highest BCUT2D eigenvalue weighted by Gasteiger charge is 2.16. The Morgan fingerprint density at radius 2 is 2.24 bits per heavy atom. The summed E-state index contributed by atoms with van der Waals surface area (Å²) in [6.45, 7) is 6.03. The SMILES string of the molecule is CC(Cc1ccsc1)NCC1CCN(C)CC1. The van der Waals surface area contributed by atoms with Crippen molar-refractivity contribution < 1.29 is 0 Å². The van der Waals surface area contributed by atoms with Crippen molar-refractivity contribution in [3.05, 3.63) is 22.4 Å². The first kappa shape index (κ1) is 13.1. The molecule has 2 heterocycles. The van der Waals surface area contributed by atoms with Gasteiger partial charge in [0.15, 0.2) is 0 Å². The van der Waals surface area contributed by atoms with Crippen molar-refractivity contribution in [2.24, 2.45) is 5.92 Å². The van der Waals surface area contributed by atoms with Gasteiger partial charge in [-0.2, -0.15) is 11.3 Å². The predicted octanol–water partition coefficient (Wildman–Crippen LogP) is 2.61. The lowest BCUT2D eigenvalue weighted by atomic mass is 9.96. The van der Waals surface area contributed by atoms with Crippen LogP contribution in [0.3, 0.4) is 0 Å². The minimum Gasteiger partial charge on any atom is -0.314 e. The van der Waals surface area contributed by atoms with E-state index in [0.29, 0.717) is 6.04 Å². The van der Waals surface area contributed by atoms with E-state index < -0.39 is 0 Å². The largest absolute Gasteiger partial charge is 0.314 e. The molecule has 1 aliphatic rings. The average molecular weight is 252 g/mol. The molecule has 1 aromatic rings. The first-order valence-electron chi connectivity index (χ1n) is 6.67. The highest BCUT2D eigenvalue weighted by Crippen LogP contribution is 2.15. The molecule has 96 valence electrons. The van der Waals surface area contributed by atoms with E-state index in [1.54, 1.807) is 11.3 Å². The number of hydrogen-bond donors (Lipinski definition) is 1. The Hall–Kier alpha value is -0.380. The highest BCUT2D eigenvalue weighted by atomic mass is 32.1. The Balaban J connectivity index is 1.64. The minimum absolute atomic E-state index is 0.601. The van der Waals surface area contributed by atoms with Gasteiger partial charge >= 0.3 is 0 Å². The van der Waals surface area contributed by atoms with Crippen LogP contribution in [0.2, 0.25) is 0 Å². The van der Waals surface area contributed by atoms with Gasteiger partial charge in [0.2, 0.25) is 0 Å². The lowest BCUT2D eigenvalue weighted by Gasteiger charge is -2.29. The molecule has 0 radical (unpaired) electrons. The van der Waals surface area contributed by atoms with E-state index in [-0.39, 0.29) is 0 Å². The van der Waals surface area contributed by atoms with Crippen LogP contribution in [-0.4, -0.2) is 37.6 Å². The molecule has 1 N–H and O–H groups in total. The first-order valence-corrected chi connectivity index (χ1v) is 7.61. The number of piperidine rings is 1. The van der Waals surface area contributed by atoms with Gasteiger partial charge in [-0.25, -0.2) is 0 Å². The van der Waals surface area contributed by atoms with E-state index in [2.05, 4.69) is 41.0 Å². The van der Waals surface area contributed by atoms with Crippen molar-refractivity contribution in [1.29, 1.82) is 0 Å². The van der Waals surface area contributed by atoms with E-state index in [1.807, 2.05) is 0 Å². The second-order valence-corrected chi connectivity index (χ2v) is 6.17. The minimum atomic E-state index is 0.601. The molecule has 1 atom stereocenters. The fourth-order valence-electron chi connectivity index (χ4n) is 2.47. The van der Waals surface area contributed by atoms with Gasteiger partial charge < -0.3 is 10.2 Å². The topological polar surface area (TPSA) is 15.3 Å². The Labute approximate surface area is 109 Å². The zero-order valence-corrected chi connectivity index (χ0v) is 11.8. The maximum absolute atomic E-state index is 3.69. The zero-order chi connectivity index (χ0) is 12.1. The van der Waals surface area contributed by atoms with Crippen LogP contribution in [0.4, 0.5) is 0 Å². The summed E-state index contributed by atoms with van der Waals surface area (Å²) < 4.78 is 0. The van der Waals surface area contributed by atoms with Crippen LogP contribution < -0.4 is 5.32 Å².